The minimum atomic E-state index is -0.361. The van der Waals surface area contributed by atoms with E-state index >= 15 is 0 Å². The van der Waals surface area contributed by atoms with Crippen molar-refractivity contribution in [2.75, 3.05) is 12.4 Å². The van der Waals surface area contributed by atoms with Gasteiger partial charge in [0.25, 0.3) is 0 Å². The number of halogens is 1. The molecule has 0 spiro atoms. The van der Waals surface area contributed by atoms with Gasteiger partial charge in [-0.15, -0.1) is 0 Å². The average molecular weight is 295 g/mol. The van der Waals surface area contributed by atoms with Crippen LogP contribution in [-0.4, -0.2) is 13.1 Å². The average Bonchev–Trinajstić information content (AvgIpc) is 2.83. The summed E-state index contributed by atoms with van der Waals surface area (Å²) < 4.78 is 10.5. The highest BCUT2D eigenvalue weighted by Crippen LogP contribution is 2.27. The first-order chi connectivity index (χ1) is 9.58. The second-order valence-corrected chi connectivity index (χ2v) is 4.60. The molecular weight excluding hydrogens is 280 g/mol. The molecule has 20 heavy (non-hydrogen) atoms. The van der Waals surface area contributed by atoms with Crippen LogP contribution in [-0.2, 0) is 6.54 Å². The van der Waals surface area contributed by atoms with E-state index in [2.05, 4.69) is 10.6 Å². The Labute approximate surface area is 121 Å². The number of furan rings is 1. The molecule has 1 aromatic carbocycles. The Balaban J connectivity index is 1.96. The number of methoxy groups -OCH3 is 1. The van der Waals surface area contributed by atoms with Gasteiger partial charge in [0.2, 0.25) is 0 Å². The predicted octanol–water partition coefficient (Wildman–Crippen LogP) is 3.57. The van der Waals surface area contributed by atoms with Crippen molar-refractivity contribution in [3.05, 3.63) is 46.9 Å². The molecule has 6 heteroatoms. The van der Waals surface area contributed by atoms with E-state index in [1.54, 1.807) is 18.2 Å². The van der Waals surface area contributed by atoms with E-state index in [1.807, 2.05) is 19.1 Å². The molecule has 0 saturated carbocycles. The van der Waals surface area contributed by atoms with Crippen LogP contribution in [0.1, 0.15) is 11.5 Å². The van der Waals surface area contributed by atoms with Gasteiger partial charge in [0.05, 0.1) is 19.3 Å². The normalized spacial score (nSPS) is 10.2. The molecule has 2 amide bonds. The van der Waals surface area contributed by atoms with E-state index in [9.17, 15) is 4.79 Å². The number of hydrogen-bond donors (Lipinski definition) is 2. The van der Waals surface area contributed by atoms with E-state index in [1.165, 1.54) is 7.11 Å². The predicted molar refractivity (Wildman–Crippen MR) is 77.3 cm³/mol. The molecule has 0 aliphatic rings. The summed E-state index contributed by atoms with van der Waals surface area (Å²) in [5.74, 6) is 2.04. The summed E-state index contributed by atoms with van der Waals surface area (Å²) in [6.07, 6.45) is 0. The first-order valence-corrected chi connectivity index (χ1v) is 6.40. The molecule has 0 aliphatic carbocycles. The van der Waals surface area contributed by atoms with Crippen molar-refractivity contribution in [2.24, 2.45) is 0 Å². The van der Waals surface area contributed by atoms with Gasteiger partial charge in [-0.25, -0.2) is 4.79 Å². The highest BCUT2D eigenvalue weighted by atomic mass is 35.5. The lowest BCUT2D eigenvalue weighted by Gasteiger charge is -2.11. The highest BCUT2D eigenvalue weighted by molar-refractivity contribution is 6.31. The molecule has 0 unspecified atom stereocenters. The Hall–Kier alpha value is -2.14. The fourth-order valence-electron chi connectivity index (χ4n) is 1.69. The molecule has 2 N–H and O–H groups in total. The van der Waals surface area contributed by atoms with Crippen LogP contribution >= 0.6 is 11.6 Å². The molecule has 1 heterocycles. The molecule has 2 aromatic rings. The van der Waals surface area contributed by atoms with E-state index in [-0.39, 0.29) is 6.03 Å². The van der Waals surface area contributed by atoms with Crippen molar-refractivity contribution in [2.45, 2.75) is 13.5 Å². The summed E-state index contributed by atoms with van der Waals surface area (Å²) in [6, 6.07) is 8.30. The quantitative estimate of drug-likeness (QED) is 0.906. The standard InChI is InChI=1S/C14H15ClN2O3/c1-9-3-5-11(20-9)8-16-14(18)17-12-7-10(15)4-6-13(12)19-2/h3-7H,8H2,1-2H3,(H2,16,17,18). The summed E-state index contributed by atoms with van der Waals surface area (Å²) in [7, 11) is 1.53. The van der Waals surface area contributed by atoms with Crippen molar-refractivity contribution >= 4 is 23.3 Å². The van der Waals surface area contributed by atoms with E-state index in [0.29, 0.717) is 28.8 Å². The van der Waals surface area contributed by atoms with Gasteiger partial charge < -0.3 is 19.8 Å². The van der Waals surface area contributed by atoms with Gasteiger partial charge >= 0.3 is 6.03 Å². The van der Waals surface area contributed by atoms with Crippen LogP contribution in [0.15, 0.2) is 34.7 Å². The molecule has 0 bridgehead atoms. The zero-order valence-electron chi connectivity index (χ0n) is 11.2. The van der Waals surface area contributed by atoms with E-state index in [0.717, 1.165) is 5.76 Å². The van der Waals surface area contributed by atoms with Crippen molar-refractivity contribution in [3.63, 3.8) is 0 Å². The fraction of sp³-hybridized carbons (Fsp3) is 0.214. The molecule has 0 aliphatic heterocycles. The number of urea groups is 1. The number of hydrogen-bond acceptors (Lipinski definition) is 3. The van der Waals surface area contributed by atoms with E-state index in [4.69, 9.17) is 20.8 Å². The number of ether oxygens (including phenoxy) is 1. The molecule has 0 saturated heterocycles. The Bertz CT molecular complexity index is 610. The molecular formula is C14H15ClN2O3. The lowest BCUT2D eigenvalue weighted by Crippen LogP contribution is -2.28. The summed E-state index contributed by atoms with van der Waals surface area (Å²) in [5.41, 5.74) is 0.508. The Morgan fingerprint density at radius 3 is 2.80 bits per heavy atom. The van der Waals surface area contributed by atoms with Crippen LogP contribution in [0.2, 0.25) is 5.02 Å². The number of nitrogens with one attached hydrogen (secondary N) is 2. The first-order valence-electron chi connectivity index (χ1n) is 6.02. The molecule has 1 aromatic heterocycles. The number of anilines is 1. The molecule has 0 fully saturated rings. The van der Waals surface area contributed by atoms with Crippen LogP contribution < -0.4 is 15.4 Å². The molecule has 0 radical (unpaired) electrons. The van der Waals surface area contributed by atoms with Crippen molar-refractivity contribution in [1.29, 1.82) is 0 Å². The second-order valence-electron chi connectivity index (χ2n) is 4.16. The zero-order chi connectivity index (χ0) is 14.5. The fourth-order valence-corrected chi connectivity index (χ4v) is 1.86. The Morgan fingerprint density at radius 1 is 1.35 bits per heavy atom. The lowest BCUT2D eigenvalue weighted by atomic mass is 10.3. The number of aryl methyl sites for hydroxylation is 1. The van der Waals surface area contributed by atoms with Crippen LogP contribution in [0, 0.1) is 6.92 Å². The van der Waals surface area contributed by atoms with Crippen molar-refractivity contribution in [1.82, 2.24) is 5.32 Å². The van der Waals surface area contributed by atoms with Crippen LogP contribution in [0.3, 0.4) is 0 Å². The SMILES string of the molecule is COc1ccc(Cl)cc1NC(=O)NCc1ccc(C)o1. The molecule has 5 nitrogen and oxygen atoms in total. The number of carbonyl (C=O) groups excluding carboxylic acids is 1. The van der Waals surface area contributed by atoms with Gasteiger partial charge in [0.15, 0.2) is 0 Å². The first kappa shape index (κ1) is 14.3. The Kier molecular flexibility index (Phi) is 4.53. The third kappa shape index (κ3) is 3.68. The maximum absolute atomic E-state index is 11.8. The number of benzene rings is 1. The largest absolute Gasteiger partial charge is 0.495 e. The monoisotopic (exact) mass is 294 g/mol. The van der Waals surface area contributed by atoms with Gasteiger partial charge in [-0.2, -0.15) is 0 Å². The maximum atomic E-state index is 11.8. The van der Waals surface area contributed by atoms with Crippen LogP contribution in [0.4, 0.5) is 10.5 Å². The minimum absolute atomic E-state index is 0.308. The van der Waals surface area contributed by atoms with E-state index < -0.39 is 0 Å². The number of carbonyl (C=O) groups is 1. The van der Waals surface area contributed by atoms with Gasteiger partial charge in [-0.05, 0) is 37.3 Å². The van der Waals surface area contributed by atoms with Gasteiger partial charge in [-0.3, -0.25) is 0 Å². The van der Waals surface area contributed by atoms with Crippen molar-refractivity contribution in [3.8, 4) is 5.75 Å². The minimum Gasteiger partial charge on any atom is -0.495 e. The second kappa shape index (κ2) is 6.34. The van der Waals surface area contributed by atoms with Crippen LogP contribution in [0.5, 0.6) is 5.75 Å². The molecule has 0 atom stereocenters. The summed E-state index contributed by atoms with van der Waals surface area (Å²) in [4.78, 5) is 11.8. The maximum Gasteiger partial charge on any atom is 0.319 e. The number of amides is 2. The highest BCUT2D eigenvalue weighted by Gasteiger charge is 2.08. The molecule has 2 rings (SSSR count). The summed E-state index contributed by atoms with van der Waals surface area (Å²) in [6.45, 7) is 2.16. The molecule has 106 valence electrons. The third-order valence-electron chi connectivity index (χ3n) is 2.63. The summed E-state index contributed by atoms with van der Waals surface area (Å²) >= 11 is 5.89. The zero-order valence-corrected chi connectivity index (χ0v) is 12.0. The lowest BCUT2D eigenvalue weighted by molar-refractivity contribution is 0.250. The van der Waals surface area contributed by atoms with Crippen LogP contribution in [0.25, 0.3) is 0 Å². The smallest absolute Gasteiger partial charge is 0.319 e. The third-order valence-corrected chi connectivity index (χ3v) is 2.86. The summed E-state index contributed by atoms with van der Waals surface area (Å²) in [5, 5.41) is 5.88. The van der Waals surface area contributed by atoms with Gasteiger partial charge in [0, 0.05) is 5.02 Å². The topological polar surface area (TPSA) is 63.5 Å². The van der Waals surface area contributed by atoms with Gasteiger partial charge in [-0.1, -0.05) is 11.6 Å². The number of rotatable bonds is 4. The van der Waals surface area contributed by atoms with Gasteiger partial charge in [0.1, 0.15) is 17.3 Å². The Morgan fingerprint density at radius 2 is 2.15 bits per heavy atom. The van der Waals surface area contributed by atoms with Crippen molar-refractivity contribution < 1.29 is 13.9 Å².